The Hall–Kier alpha value is -1.53. The Labute approximate surface area is 113 Å². The molecule has 0 aliphatic heterocycles. The third-order valence-corrected chi connectivity index (χ3v) is 3.32. The molecule has 2 heterocycles. The highest BCUT2D eigenvalue weighted by Crippen LogP contribution is 2.19. The van der Waals surface area contributed by atoms with E-state index >= 15 is 0 Å². The van der Waals surface area contributed by atoms with Crippen LogP contribution in [0.25, 0.3) is 0 Å². The molecule has 1 N–H and O–H groups in total. The summed E-state index contributed by atoms with van der Waals surface area (Å²) in [5.74, 6) is -1.16. The summed E-state index contributed by atoms with van der Waals surface area (Å²) in [5.41, 5.74) is 1.33. The van der Waals surface area contributed by atoms with Crippen LogP contribution in [0.15, 0.2) is 6.20 Å². The van der Waals surface area contributed by atoms with Crippen molar-refractivity contribution in [2.45, 2.75) is 20.5 Å². The van der Waals surface area contributed by atoms with Gasteiger partial charge in [0.2, 0.25) is 0 Å². The first-order chi connectivity index (χ1) is 8.40. The highest BCUT2D eigenvalue weighted by molar-refractivity contribution is 6.33. The van der Waals surface area contributed by atoms with E-state index < -0.39 is 5.97 Å². The van der Waals surface area contributed by atoms with Crippen LogP contribution in [0.4, 0.5) is 0 Å². The van der Waals surface area contributed by atoms with Gasteiger partial charge in [-0.1, -0.05) is 23.2 Å². The molecular formula is C10H10Cl2N4O2. The molecular weight excluding hydrogens is 279 g/mol. The molecule has 0 atom stereocenters. The van der Waals surface area contributed by atoms with Crippen LogP contribution in [0.3, 0.4) is 0 Å². The van der Waals surface area contributed by atoms with E-state index in [1.54, 1.807) is 11.6 Å². The van der Waals surface area contributed by atoms with Gasteiger partial charge in [-0.05, 0) is 13.8 Å². The summed E-state index contributed by atoms with van der Waals surface area (Å²) >= 11 is 11.8. The molecule has 2 rings (SSSR count). The van der Waals surface area contributed by atoms with Crippen LogP contribution in [-0.2, 0) is 6.67 Å². The highest BCUT2D eigenvalue weighted by atomic mass is 35.5. The van der Waals surface area contributed by atoms with Crippen LogP contribution in [0.1, 0.15) is 21.9 Å². The number of aryl methyl sites for hydroxylation is 1. The molecule has 8 heteroatoms. The molecule has 2 aromatic rings. The smallest absolute Gasteiger partial charge is 0.357 e. The number of nitrogens with zero attached hydrogens (tertiary/aromatic N) is 4. The van der Waals surface area contributed by atoms with Crippen LogP contribution in [0.5, 0.6) is 0 Å². The molecule has 96 valence electrons. The molecule has 2 aromatic heterocycles. The molecule has 0 bridgehead atoms. The Morgan fingerprint density at radius 2 is 2.06 bits per heavy atom. The number of carbonyl (C=O) groups is 1. The SMILES string of the molecule is Cc1nn(Cn2cc(Cl)c(C(=O)O)n2)c(C)c1Cl. The lowest BCUT2D eigenvalue weighted by molar-refractivity contribution is 0.0689. The minimum Gasteiger partial charge on any atom is -0.476 e. The van der Waals surface area contributed by atoms with Crippen LogP contribution in [0, 0.1) is 13.8 Å². The largest absolute Gasteiger partial charge is 0.476 e. The summed E-state index contributed by atoms with van der Waals surface area (Å²) in [7, 11) is 0. The topological polar surface area (TPSA) is 72.9 Å². The number of carboxylic acids is 1. The maximum atomic E-state index is 10.8. The van der Waals surface area contributed by atoms with Crippen molar-refractivity contribution in [2.24, 2.45) is 0 Å². The lowest BCUT2D eigenvalue weighted by Gasteiger charge is -2.03. The molecule has 0 aromatic carbocycles. The zero-order chi connectivity index (χ0) is 13.4. The van der Waals surface area contributed by atoms with Gasteiger partial charge in [0, 0.05) is 6.20 Å². The number of halogens is 2. The van der Waals surface area contributed by atoms with Gasteiger partial charge in [0.25, 0.3) is 0 Å². The van der Waals surface area contributed by atoms with Crippen LogP contribution >= 0.6 is 23.2 Å². The van der Waals surface area contributed by atoms with Crippen molar-refractivity contribution in [2.75, 3.05) is 0 Å². The van der Waals surface area contributed by atoms with Gasteiger partial charge in [0.1, 0.15) is 6.67 Å². The summed E-state index contributed by atoms with van der Waals surface area (Å²) in [5, 5.41) is 17.6. The van der Waals surface area contributed by atoms with Gasteiger partial charge in [0.15, 0.2) is 5.69 Å². The van der Waals surface area contributed by atoms with E-state index in [2.05, 4.69) is 10.2 Å². The first kappa shape index (κ1) is 12.9. The number of rotatable bonds is 3. The van der Waals surface area contributed by atoms with E-state index in [4.69, 9.17) is 28.3 Å². The molecule has 0 saturated carbocycles. The summed E-state index contributed by atoms with van der Waals surface area (Å²) in [4.78, 5) is 10.8. The Balaban J connectivity index is 2.31. The van der Waals surface area contributed by atoms with E-state index in [0.717, 1.165) is 5.69 Å². The Bertz CT molecular complexity index is 618. The fourth-order valence-electron chi connectivity index (χ4n) is 1.56. The summed E-state index contributed by atoms with van der Waals surface area (Å²) in [6, 6.07) is 0. The van der Waals surface area contributed by atoms with Crippen molar-refractivity contribution in [1.82, 2.24) is 19.6 Å². The third kappa shape index (κ3) is 2.21. The summed E-state index contributed by atoms with van der Waals surface area (Å²) in [6.07, 6.45) is 1.44. The molecule has 0 aliphatic rings. The minimum absolute atomic E-state index is 0.0927. The van der Waals surface area contributed by atoms with Crippen molar-refractivity contribution in [1.29, 1.82) is 0 Å². The van der Waals surface area contributed by atoms with Gasteiger partial charge in [0.05, 0.1) is 21.4 Å². The maximum Gasteiger partial charge on any atom is 0.357 e. The van der Waals surface area contributed by atoms with Gasteiger partial charge in [-0.3, -0.25) is 0 Å². The van der Waals surface area contributed by atoms with Gasteiger partial charge < -0.3 is 5.11 Å². The molecule has 0 fully saturated rings. The Morgan fingerprint density at radius 1 is 1.39 bits per heavy atom. The Kier molecular flexibility index (Phi) is 3.32. The van der Waals surface area contributed by atoms with Crippen molar-refractivity contribution in [3.05, 3.63) is 33.3 Å². The fraction of sp³-hybridized carbons (Fsp3) is 0.300. The number of hydrogen-bond acceptors (Lipinski definition) is 3. The monoisotopic (exact) mass is 288 g/mol. The highest BCUT2D eigenvalue weighted by Gasteiger charge is 2.15. The molecule has 0 amide bonds. The lowest BCUT2D eigenvalue weighted by Crippen LogP contribution is -2.12. The summed E-state index contributed by atoms with van der Waals surface area (Å²) in [6.45, 7) is 3.88. The van der Waals surface area contributed by atoms with Gasteiger partial charge in [-0.15, -0.1) is 0 Å². The minimum atomic E-state index is -1.16. The molecule has 0 radical (unpaired) electrons. The first-order valence-electron chi connectivity index (χ1n) is 5.06. The van der Waals surface area contributed by atoms with Crippen molar-refractivity contribution in [3.63, 3.8) is 0 Å². The van der Waals surface area contributed by atoms with Crippen LogP contribution in [-0.4, -0.2) is 30.6 Å². The zero-order valence-corrected chi connectivity index (χ0v) is 11.2. The van der Waals surface area contributed by atoms with Crippen molar-refractivity contribution >= 4 is 29.2 Å². The predicted octanol–water partition coefficient (Wildman–Crippen LogP) is 2.21. The second-order valence-corrected chi connectivity index (χ2v) is 4.58. The molecule has 0 aliphatic carbocycles. The number of hydrogen-bond donors (Lipinski definition) is 1. The van der Waals surface area contributed by atoms with Crippen molar-refractivity contribution < 1.29 is 9.90 Å². The van der Waals surface area contributed by atoms with E-state index in [-0.39, 0.29) is 17.4 Å². The average Bonchev–Trinajstić information content (AvgIpc) is 2.76. The maximum absolute atomic E-state index is 10.8. The third-order valence-electron chi connectivity index (χ3n) is 2.49. The zero-order valence-electron chi connectivity index (χ0n) is 9.68. The van der Waals surface area contributed by atoms with Crippen LogP contribution < -0.4 is 0 Å². The number of carboxylic acid groups (broad SMARTS) is 1. The fourth-order valence-corrected chi connectivity index (χ4v) is 1.93. The standard InChI is InChI=1S/C10H10Cl2N4O2/c1-5-8(12)6(2)16(13-5)4-15-3-7(11)9(14-15)10(17)18/h3H,4H2,1-2H3,(H,17,18). The van der Waals surface area contributed by atoms with E-state index in [9.17, 15) is 4.79 Å². The quantitative estimate of drug-likeness (QED) is 0.940. The molecule has 18 heavy (non-hydrogen) atoms. The normalized spacial score (nSPS) is 10.9. The number of aromatic nitrogens is 4. The van der Waals surface area contributed by atoms with Crippen molar-refractivity contribution in [3.8, 4) is 0 Å². The van der Waals surface area contributed by atoms with E-state index in [0.29, 0.717) is 10.7 Å². The molecule has 6 nitrogen and oxygen atoms in total. The van der Waals surface area contributed by atoms with E-state index in [1.807, 2.05) is 6.92 Å². The second kappa shape index (κ2) is 4.62. The van der Waals surface area contributed by atoms with Gasteiger partial charge in [-0.2, -0.15) is 10.2 Å². The van der Waals surface area contributed by atoms with Crippen LogP contribution in [0.2, 0.25) is 10.0 Å². The Morgan fingerprint density at radius 3 is 2.50 bits per heavy atom. The first-order valence-corrected chi connectivity index (χ1v) is 5.81. The average molecular weight is 289 g/mol. The summed E-state index contributed by atoms with van der Waals surface area (Å²) < 4.78 is 3.04. The van der Waals surface area contributed by atoms with E-state index in [1.165, 1.54) is 10.9 Å². The van der Waals surface area contributed by atoms with Gasteiger partial charge in [-0.25, -0.2) is 14.2 Å². The molecule has 0 spiro atoms. The number of aromatic carboxylic acids is 1. The second-order valence-electron chi connectivity index (χ2n) is 3.80. The lowest BCUT2D eigenvalue weighted by atomic mass is 10.4. The molecule has 0 saturated heterocycles. The molecule has 0 unspecified atom stereocenters. The predicted molar refractivity (Wildman–Crippen MR) is 66.3 cm³/mol. The van der Waals surface area contributed by atoms with Gasteiger partial charge >= 0.3 is 5.97 Å².